The van der Waals surface area contributed by atoms with Gasteiger partial charge in [0.25, 0.3) is 0 Å². The Morgan fingerprint density at radius 2 is 1.92 bits per heavy atom. The molecule has 1 aliphatic heterocycles. The Morgan fingerprint density at radius 3 is 2.54 bits per heavy atom. The average molecular weight is 333 g/mol. The Balaban J connectivity index is 1.44. The van der Waals surface area contributed by atoms with Crippen LogP contribution in [0.4, 0.5) is 4.79 Å². The molecule has 0 bridgehead atoms. The second-order valence-corrected chi connectivity index (χ2v) is 7.14. The minimum Gasteiger partial charge on any atom is -0.335 e. The molecule has 1 saturated heterocycles. The van der Waals surface area contributed by atoms with E-state index in [9.17, 15) is 4.79 Å². The van der Waals surface area contributed by atoms with E-state index in [1.807, 2.05) is 9.58 Å². The third-order valence-electron chi connectivity index (χ3n) is 5.36. The number of hydrogen-bond acceptors (Lipinski definition) is 3. The van der Waals surface area contributed by atoms with Gasteiger partial charge in [-0.1, -0.05) is 19.3 Å². The number of aromatic nitrogens is 2. The Bertz CT molecular complexity index is 542. The molecule has 0 spiro atoms. The maximum Gasteiger partial charge on any atom is 0.317 e. The number of hydrogen-bond donors (Lipinski definition) is 1. The molecule has 24 heavy (non-hydrogen) atoms. The molecule has 6 nitrogen and oxygen atoms in total. The fourth-order valence-electron chi connectivity index (χ4n) is 3.74. The minimum atomic E-state index is 0.136. The van der Waals surface area contributed by atoms with Gasteiger partial charge >= 0.3 is 6.03 Å². The quantitative estimate of drug-likeness (QED) is 0.920. The summed E-state index contributed by atoms with van der Waals surface area (Å²) >= 11 is 0. The van der Waals surface area contributed by atoms with Crippen LogP contribution < -0.4 is 5.32 Å². The van der Waals surface area contributed by atoms with Crippen molar-refractivity contribution in [2.75, 3.05) is 26.2 Å². The third-order valence-corrected chi connectivity index (χ3v) is 5.36. The van der Waals surface area contributed by atoms with Crippen molar-refractivity contribution < 1.29 is 4.79 Å². The van der Waals surface area contributed by atoms with Crippen molar-refractivity contribution in [2.24, 2.45) is 0 Å². The number of nitrogens with one attached hydrogen (secondary N) is 1. The Labute approximate surface area is 145 Å². The molecule has 134 valence electrons. The maximum absolute atomic E-state index is 12.4. The van der Waals surface area contributed by atoms with Gasteiger partial charge in [0.05, 0.1) is 5.69 Å². The normalized spacial score (nSPS) is 20.3. The Hall–Kier alpha value is -1.56. The molecule has 0 atom stereocenters. The second-order valence-electron chi connectivity index (χ2n) is 7.14. The summed E-state index contributed by atoms with van der Waals surface area (Å²) in [6.45, 7) is 9.55. The first-order valence-corrected chi connectivity index (χ1v) is 9.46. The molecule has 0 aromatic carbocycles. The van der Waals surface area contributed by atoms with Gasteiger partial charge in [-0.05, 0) is 26.7 Å². The van der Waals surface area contributed by atoms with Crippen LogP contribution in [0.5, 0.6) is 0 Å². The van der Waals surface area contributed by atoms with Gasteiger partial charge in [-0.3, -0.25) is 9.58 Å². The molecule has 2 amide bonds. The maximum atomic E-state index is 12.4. The Kier molecular flexibility index (Phi) is 5.76. The zero-order chi connectivity index (χ0) is 16.9. The molecule has 0 radical (unpaired) electrons. The van der Waals surface area contributed by atoms with E-state index in [0.29, 0.717) is 6.04 Å². The first-order valence-electron chi connectivity index (χ1n) is 9.46. The van der Waals surface area contributed by atoms with Crippen LogP contribution >= 0.6 is 0 Å². The molecule has 1 aromatic rings. The van der Waals surface area contributed by atoms with Gasteiger partial charge in [-0.15, -0.1) is 0 Å². The van der Waals surface area contributed by atoms with Crippen LogP contribution in [0, 0.1) is 6.92 Å². The van der Waals surface area contributed by atoms with Crippen LogP contribution in [0.25, 0.3) is 0 Å². The number of rotatable bonds is 4. The van der Waals surface area contributed by atoms with Gasteiger partial charge in [-0.2, -0.15) is 5.10 Å². The molecular weight excluding hydrogens is 302 g/mol. The third kappa shape index (κ3) is 4.29. The van der Waals surface area contributed by atoms with Crippen molar-refractivity contribution in [3.05, 3.63) is 17.5 Å². The van der Waals surface area contributed by atoms with Crippen LogP contribution in [0.1, 0.15) is 50.3 Å². The highest BCUT2D eigenvalue weighted by Gasteiger charge is 2.24. The summed E-state index contributed by atoms with van der Waals surface area (Å²) in [5.41, 5.74) is 2.42. The van der Waals surface area contributed by atoms with Crippen molar-refractivity contribution in [3.63, 3.8) is 0 Å². The Morgan fingerprint density at radius 1 is 1.21 bits per heavy atom. The molecule has 2 aliphatic rings. The van der Waals surface area contributed by atoms with Crippen molar-refractivity contribution in [3.8, 4) is 0 Å². The van der Waals surface area contributed by atoms with Crippen molar-refractivity contribution >= 4 is 6.03 Å². The first kappa shape index (κ1) is 17.3. The van der Waals surface area contributed by atoms with E-state index in [1.54, 1.807) is 0 Å². The summed E-state index contributed by atoms with van der Waals surface area (Å²) in [5.74, 6) is 0. The number of carbonyl (C=O) groups excluding carboxylic acids is 1. The summed E-state index contributed by atoms with van der Waals surface area (Å²) in [6.07, 6.45) is 8.27. The molecule has 2 fully saturated rings. The van der Waals surface area contributed by atoms with E-state index >= 15 is 0 Å². The lowest BCUT2D eigenvalue weighted by molar-refractivity contribution is 0.131. The SMILES string of the molecule is CCn1cc(CN2CCN(C(=O)NC3CCCCC3)CC2)c(C)n1. The first-order chi connectivity index (χ1) is 11.7. The van der Waals surface area contributed by atoms with E-state index in [2.05, 4.69) is 35.4 Å². The van der Waals surface area contributed by atoms with Gasteiger partial charge < -0.3 is 10.2 Å². The predicted octanol–water partition coefficient (Wildman–Crippen LogP) is 2.37. The van der Waals surface area contributed by atoms with Gasteiger partial charge in [0.2, 0.25) is 0 Å². The van der Waals surface area contributed by atoms with Crippen LogP contribution in [0.3, 0.4) is 0 Å². The van der Waals surface area contributed by atoms with E-state index in [1.165, 1.54) is 24.8 Å². The second kappa shape index (κ2) is 8.01. The van der Waals surface area contributed by atoms with Crippen LogP contribution in [0.15, 0.2) is 6.20 Å². The highest BCUT2D eigenvalue weighted by atomic mass is 16.2. The average Bonchev–Trinajstić information content (AvgIpc) is 2.96. The van der Waals surface area contributed by atoms with Crippen molar-refractivity contribution in [1.29, 1.82) is 0 Å². The highest BCUT2D eigenvalue weighted by Crippen LogP contribution is 2.18. The van der Waals surface area contributed by atoms with Gasteiger partial charge in [0, 0.05) is 57.1 Å². The molecule has 1 aliphatic carbocycles. The lowest BCUT2D eigenvalue weighted by atomic mass is 9.96. The van der Waals surface area contributed by atoms with Crippen LogP contribution in [0.2, 0.25) is 0 Å². The summed E-state index contributed by atoms with van der Waals surface area (Å²) in [7, 11) is 0. The number of carbonyl (C=O) groups is 1. The number of aryl methyl sites for hydroxylation is 2. The smallest absolute Gasteiger partial charge is 0.317 e. The summed E-state index contributed by atoms with van der Waals surface area (Å²) in [4.78, 5) is 16.8. The monoisotopic (exact) mass is 333 g/mol. The largest absolute Gasteiger partial charge is 0.335 e. The molecule has 6 heteroatoms. The zero-order valence-electron chi connectivity index (χ0n) is 15.1. The lowest BCUT2D eigenvalue weighted by Crippen LogP contribution is -2.53. The summed E-state index contributed by atoms with van der Waals surface area (Å²) in [6, 6.07) is 0.531. The fourth-order valence-corrected chi connectivity index (χ4v) is 3.74. The molecule has 0 unspecified atom stereocenters. The van der Waals surface area contributed by atoms with E-state index in [0.717, 1.165) is 57.8 Å². The standard InChI is InChI=1S/C18H31N5O/c1-3-23-14-16(15(2)20-23)13-21-9-11-22(12-10-21)18(24)19-17-7-5-4-6-8-17/h14,17H,3-13H2,1-2H3,(H,19,24). The van der Waals surface area contributed by atoms with Crippen molar-refractivity contribution in [2.45, 2.75) is 65.1 Å². The lowest BCUT2D eigenvalue weighted by Gasteiger charge is -2.36. The molecule has 1 aromatic heterocycles. The summed E-state index contributed by atoms with van der Waals surface area (Å²) < 4.78 is 2.00. The van der Waals surface area contributed by atoms with E-state index in [-0.39, 0.29) is 6.03 Å². The molecule has 1 N–H and O–H groups in total. The number of piperazine rings is 1. The van der Waals surface area contributed by atoms with Crippen LogP contribution in [-0.4, -0.2) is 57.8 Å². The van der Waals surface area contributed by atoms with Crippen LogP contribution in [-0.2, 0) is 13.1 Å². The highest BCUT2D eigenvalue weighted by molar-refractivity contribution is 5.74. The molecule has 3 rings (SSSR count). The summed E-state index contributed by atoms with van der Waals surface area (Å²) in [5, 5.41) is 7.75. The molecular formula is C18H31N5O. The molecule has 2 heterocycles. The topological polar surface area (TPSA) is 53.4 Å². The van der Waals surface area contributed by atoms with E-state index < -0.39 is 0 Å². The number of urea groups is 1. The van der Waals surface area contributed by atoms with Gasteiger partial charge in [0.1, 0.15) is 0 Å². The molecule has 1 saturated carbocycles. The van der Waals surface area contributed by atoms with Gasteiger partial charge in [0.15, 0.2) is 0 Å². The number of nitrogens with zero attached hydrogens (tertiary/aromatic N) is 4. The zero-order valence-corrected chi connectivity index (χ0v) is 15.1. The fraction of sp³-hybridized carbons (Fsp3) is 0.778. The van der Waals surface area contributed by atoms with E-state index in [4.69, 9.17) is 0 Å². The minimum absolute atomic E-state index is 0.136. The predicted molar refractivity (Wildman–Crippen MR) is 94.9 cm³/mol. The van der Waals surface area contributed by atoms with Crippen molar-refractivity contribution in [1.82, 2.24) is 24.9 Å². The number of amides is 2. The van der Waals surface area contributed by atoms with Gasteiger partial charge in [-0.25, -0.2) is 4.79 Å².